The van der Waals surface area contributed by atoms with Crippen LogP contribution in [0.25, 0.3) is 11.1 Å². The number of methoxy groups -OCH3 is 1. The first-order chi connectivity index (χ1) is 9.60. The molecule has 2 aromatic rings. The molecule has 2 aromatic carbocycles. The third-order valence-electron chi connectivity index (χ3n) is 3.51. The van der Waals surface area contributed by atoms with Crippen LogP contribution in [0.4, 0.5) is 0 Å². The first-order valence-electron chi connectivity index (χ1n) is 7.09. The van der Waals surface area contributed by atoms with E-state index in [1.165, 1.54) is 16.7 Å². The van der Waals surface area contributed by atoms with E-state index in [2.05, 4.69) is 43.3 Å². The van der Waals surface area contributed by atoms with Crippen LogP contribution in [0.1, 0.15) is 24.5 Å². The number of benzene rings is 2. The molecule has 0 aliphatic heterocycles. The maximum absolute atomic E-state index is 5.80. The van der Waals surface area contributed by atoms with Gasteiger partial charge in [0.15, 0.2) is 0 Å². The van der Waals surface area contributed by atoms with Crippen LogP contribution < -0.4 is 10.5 Å². The molecule has 106 valence electrons. The van der Waals surface area contributed by atoms with Crippen molar-refractivity contribution in [3.63, 3.8) is 0 Å². The van der Waals surface area contributed by atoms with Gasteiger partial charge in [-0.05, 0) is 49.9 Å². The Balaban J connectivity index is 2.23. The van der Waals surface area contributed by atoms with Crippen molar-refractivity contribution in [2.75, 3.05) is 7.11 Å². The molecule has 0 aliphatic carbocycles. The molecular formula is C18H23NO. The molecule has 0 aliphatic rings. The molecule has 0 fully saturated rings. The second-order valence-electron chi connectivity index (χ2n) is 5.42. The topological polar surface area (TPSA) is 35.2 Å². The summed E-state index contributed by atoms with van der Waals surface area (Å²) in [5, 5.41) is 0. The largest absolute Gasteiger partial charge is 0.496 e. The Hall–Kier alpha value is -1.80. The molecule has 0 aromatic heterocycles. The van der Waals surface area contributed by atoms with Crippen LogP contribution >= 0.6 is 0 Å². The Morgan fingerprint density at radius 2 is 1.80 bits per heavy atom. The molecule has 0 spiro atoms. The number of rotatable bonds is 5. The van der Waals surface area contributed by atoms with Gasteiger partial charge in [-0.15, -0.1) is 0 Å². The van der Waals surface area contributed by atoms with Gasteiger partial charge < -0.3 is 10.5 Å². The highest BCUT2D eigenvalue weighted by atomic mass is 16.5. The number of hydrogen-bond donors (Lipinski definition) is 1. The smallest absolute Gasteiger partial charge is 0.126 e. The van der Waals surface area contributed by atoms with Gasteiger partial charge in [0, 0.05) is 11.6 Å². The maximum Gasteiger partial charge on any atom is 0.126 e. The normalized spacial score (nSPS) is 12.2. The zero-order chi connectivity index (χ0) is 14.5. The minimum atomic E-state index is 0.256. The molecule has 1 unspecified atom stereocenters. The zero-order valence-corrected chi connectivity index (χ0v) is 12.5. The molecule has 0 saturated heterocycles. The van der Waals surface area contributed by atoms with Crippen molar-refractivity contribution in [3.8, 4) is 16.9 Å². The Morgan fingerprint density at radius 3 is 2.40 bits per heavy atom. The van der Waals surface area contributed by atoms with Gasteiger partial charge in [-0.3, -0.25) is 0 Å². The van der Waals surface area contributed by atoms with Gasteiger partial charge in [0.25, 0.3) is 0 Å². The number of ether oxygens (including phenoxy) is 1. The summed E-state index contributed by atoms with van der Waals surface area (Å²) in [5.41, 5.74) is 10.7. The van der Waals surface area contributed by atoms with E-state index in [0.717, 1.165) is 24.2 Å². The predicted molar refractivity (Wildman–Crippen MR) is 85.1 cm³/mol. The molecule has 0 heterocycles. The minimum absolute atomic E-state index is 0.256. The van der Waals surface area contributed by atoms with Crippen molar-refractivity contribution in [2.45, 2.75) is 32.7 Å². The average Bonchev–Trinajstić information content (AvgIpc) is 2.45. The van der Waals surface area contributed by atoms with E-state index in [4.69, 9.17) is 10.5 Å². The zero-order valence-electron chi connectivity index (χ0n) is 12.5. The highest BCUT2D eigenvalue weighted by Gasteiger charge is 2.06. The molecular weight excluding hydrogens is 246 g/mol. The first kappa shape index (κ1) is 14.6. The molecule has 2 rings (SSSR count). The summed E-state index contributed by atoms with van der Waals surface area (Å²) in [6.07, 6.45) is 2.05. The van der Waals surface area contributed by atoms with Crippen LogP contribution in [-0.4, -0.2) is 13.2 Å². The Kier molecular flexibility index (Phi) is 4.80. The summed E-state index contributed by atoms with van der Waals surface area (Å²) in [4.78, 5) is 0. The van der Waals surface area contributed by atoms with Crippen LogP contribution in [0.2, 0.25) is 0 Å². The average molecular weight is 269 g/mol. The molecule has 20 heavy (non-hydrogen) atoms. The van der Waals surface area contributed by atoms with Crippen molar-refractivity contribution in [1.29, 1.82) is 0 Å². The highest BCUT2D eigenvalue weighted by molar-refractivity contribution is 5.71. The fourth-order valence-corrected chi connectivity index (χ4v) is 2.29. The highest BCUT2D eigenvalue weighted by Crippen LogP contribution is 2.31. The summed E-state index contributed by atoms with van der Waals surface area (Å²) in [6.45, 7) is 4.14. The Labute approximate surface area is 121 Å². The van der Waals surface area contributed by atoms with Crippen LogP contribution in [0, 0.1) is 6.92 Å². The summed E-state index contributed by atoms with van der Waals surface area (Å²) in [6, 6.07) is 15.2. The fraction of sp³-hybridized carbons (Fsp3) is 0.333. The van der Waals surface area contributed by atoms with Crippen molar-refractivity contribution in [1.82, 2.24) is 0 Å². The number of nitrogens with two attached hydrogens (primary N) is 1. The van der Waals surface area contributed by atoms with Crippen LogP contribution in [-0.2, 0) is 6.42 Å². The molecule has 2 N–H and O–H groups in total. The van der Waals surface area contributed by atoms with Gasteiger partial charge in [-0.1, -0.05) is 35.9 Å². The van der Waals surface area contributed by atoms with Crippen LogP contribution in [0.15, 0.2) is 42.5 Å². The Bertz CT molecular complexity index is 558. The van der Waals surface area contributed by atoms with Crippen molar-refractivity contribution < 1.29 is 4.74 Å². The number of hydrogen-bond acceptors (Lipinski definition) is 2. The van der Waals surface area contributed by atoms with E-state index < -0.39 is 0 Å². The van der Waals surface area contributed by atoms with E-state index in [-0.39, 0.29) is 6.04 Å². The Morgan fingerprint density at radius 1 is 1.10 bits per heavy atom. The first-order valence-corrected chi connectivity index (χ1v) is 7.09. The lowest BCUT2D eigenvalue weighted by atomic mass is 9.99. The van der Waals surface area contributed by atoms with E-state index in [0.29, 0.717) is 0 Å². The van der Waals surface area contributed by atoms with E-state index in [9.17, 15) is 0 Å². The van der Waals surface area contributed by atoms with Gasteiger partial charge in [-0.25, -0.2) is 0 Å². The molecule has 0 bridgehead atoms. The summed E-state index contributed by atoms with van der Waals surface area (Å²) in [5.74, 6) is 0.916. The lowest BCUT2D eigenvalue weighted by Gasteiger charge is -2.11. The third-order valence-corrected chi connectivity index (χ3v) is 3.51. The van der Waals surface area contributed by atoms with Gasteiger partial charge >= 0.3 is 0 Å². The lowest BCUT2D eigenvalue weighted by Crippen LogP contribution is -2.15. The number of aryl methyl sites for hydroxylation is 2. The van der Waals surface area contributed by atoms with E-state index >= 15 is 0 Å². The van der Waals surface area contributed by atoms with E-state index in [1.54, 1.807) is 7.11 Å². The lowest BCUT2D eigenvalue weighted by molar-refractivity contribution is 0.416. The second kappa shape index (κ2) is 6.58. The van der Waals surface area contributed by atoms with E-state index in [1.807, 2.05) is 13.0 Å². The van der Waals surface area contributed by atoms with Gasteiger partial charge in [-0.2, -0.15) is 0 Å². The SMILES string of the molecule is COc1ccc(C)cc1-c1ccc(CCC(C)N)cc1. The van der Waals surface area contributed by atoms with Gasteiger partial charge in [0.05, 0.1) is 7.11 Å². The maximum atomic E-state index is 5.80. The second-order valence-corrected chi connectivity index (χ2v) is 5.42. The van der Waals surface area contributed by atoms with Crippen LogP contribution in [0.5, 0.6) is 5.75 Å². The summed E-state index contributed by atoms with van der Waals surface area (Å²) >= 11 is 0. The predicted octanol–water partition coefficient (Wildman–Crippen LogP) is 3.95. The van der Waals surface area contributed by atoms with Gasteiger partial charge in [0.1, 0.15) is 5.75 Å². The summed E-state index contributed by atoms with van der Waals surface area (Å²) < 4.78 is 5.45. The minimum Gasteiger partial charge on any atom is -0.496 e. The third kappa shape index (κ3) is 3.61. The fourth-order valence-electron chi connectivity index (χ4n) is 2.29. The van der Waals surface area contributed by atoms with Crippen molar-refractivity contribution in [2.24, 2.45) is 5.73 Å². The van der Waals surface area contributed by atoms with Crippen LogP contribution in [0.3, 0.4) is 0 Å². The molecule has 0 radical (unpaired) electrons. The van der Waals surface area contributed by atoms with Crippen molar-refractivity contribution >= 4 is 0 Å². The standard InChI is InChI=1S/C18H23NO/c1-13-4-11-18(20-3)17(12-13)16-9-7-15(8-10-16)6-5-14(2)19/h4,7-12,14H,5-6,19H2,1-3H3. The molecule has 2 nitrogen and oxygen atoms in total. The van der Waals surface area contributed by atoms with Crippen molar-refractivity contribution in [3.05, 3.63) is 53.6 Å². The monoisotopic (exact) mass is 269 g/mol. The molecule has 0 saturated carbocycles. The van der Waals surface area contributed by atoms with Gasteiger partial charge in [0.2, 0.25) is 0 Å². The summed E-state index contributed by atoms with van der Waals surface area (Å²) in [7, 11) is 1.71. The quantitative estimate of drug-likeness (QED) is 0.892. The molecule has 1 atom stereocenters. The molecule has 2 heteroatoms. The molecule has 0 amide bonds.